The smallest absolute Gasteiger partial charge is 0.242 e. The average Bonchev–Trinajstić information content (AvgIpc) is 2.53. The Morgan fingerprint density at radius 3 is 2.91 bits per heavy atom. The van der Waals surface area contributed by atoms with Crippen molar-refractivity contribution >= 4 is 17.7 Å². The van der Waals surface area contributed by atoms with Crippen LogP contribution in [0.25, 0.3) is 0 Å². The highest BCUT2D eigenvalue weighted by atomic mass is 16.2. The highest BCUT2D eigenvalue weighted by Crippen LogP contribution is 2.17. The van der Waals surface area contributed by atoms with Crippen LogP contribution < -0.4 is 10.6 Å². The van der Waals surface area contributed by atoms with E-state index in [1.807, 2.05) is 11.8 Å². The Morgan fingerprint density at radius 2 is 2.18 bits per heavy atom. The number of piperidine rings is 1. The molecule has 2 aliphatic rings. The number of hydrogen-bond acceptors (Lipinski definition) is 4. The molecular weight excluding hydrogens is 284 g/mol. The first-order valence-electron chi connectivity index (χ1n) is 8.16. The van der Waals surface area contributed by atoms with Gasteiger partial charge in [0.1, 0.15) is 0 Å². The molecule has 0 aromatic heterocycles. The summed E-state index contributed by atoms with van der Waals surface area (Å²) < 4.78 is 0. The van der Waals surface area contributed by atoms with Crippen LogP contribution in [-0.2, 0) is 14.4 Å². The van der Waals surface area contributed by atoms with Crippen molar-refractivity contribution in [1.82, 2.24) is 20.4 Å². The highest BCUT2D eigenvalue weighted by Gasteiger charge is 2.31. The molecule has 2 N–H and O–H groups in total. The summed E-state index contributed by atoms with van der Waals surface area (Å²) in [7, 11) is 0. The van der Waals surface area contributed by atoms with Gasteiger partial charge in [0.05, 0.1) is 13.1 Å². The number of amides is 3. The molecule has 7 nitrogen and oxygen atoms in total. The molecule has 0 bridgehead atoms. The van der Waals surface area contributed by atoms with Gasteiger partial charge in [-0.1, -0.05) is 6.92 Å². The molecule has 1 unspecified atom stereocenters. The highest BCUT2D eigenvalue weighted by molar-refractivity contribution is 5.85. The molecule has 22 heavy (non-hydrogen) atoms. The lowest BCUT2D eigenvalue weighted by atomic mass is 10.0. The van der Waals surface area contributed by atoms with Crippen LogP contribution in [0.1, 0.15) is 32.6 Å². The minimum atomic E-state index is -0.0818. The second kappa shape index (κ2) is 8.12. The first-order valence-corrected chi connectivity index (χ1v) is 8.16. The molecule has 0 aromatic carbocycles. The lowest BCUT2D eigenvalue weighted by Gasteiger charge is -2.41. The molecule has 0 saturated carbocycles. The summed E-state index contributed by atoms with van der Waals surface area (Å²) in [5.74, 6) is -0.0276. The number of carbonyl (C=O) groups excluding carboxylic acids is 3. The minimum Gasteiger partial charge on any atom is -0.347 e. The second-order valence-electron chi connectivity index (χ2n) is 5.93. The molecule has 2 fully saturated rings. The van der Waals surface area contributed by atoms with E-state index in [1.54, 1.807) is 4.90 Å². The molecular formula is C15H26N4O3. The fourth-order valence-corrected chi connectivity index (χ4v) is 3.04. The van der Waals surface area contributed by atoms with Gasteiger partial charge in [-0.15, -0.1) is 0 Å². The van der Waals surface area contributed by atoms with E-state index in [9.17, 15) is 14.4 Å². The number of likely N-dealkylation sites (tertiary alicyclic amines) is 1. The molecule has 0 aliphatic carbocycles. The summed E-state index contributed by atoms with van der Waals surface area (Å²) >= 11 is 0. The van der Waals surface area contributed by atoms with Crippen LogP contribution in [0.3, 0.4) is 0 Å². The average molecular weight is 310 g/mol. The van der Waals surface area contributed by atoms with Crippen molar-refractivity contribution in [3.63, 3.8) is 0 Å². The molecule has 124 valence electrons. The Balaban J connectivity index is 1.83. The Hall–Kier alpha value is -1.63. The Bertz CT molecular complexity index is 427. The first-order chi connectivity index (χ1) is 10.6. The van der Waals surface area contributed by atoms with Gasteiger partial charge in [-0.3, -0.25) is 14.4 Å². The Kier molecular flexibility index (Phi) is 6.18. The van der Waals surface area contributed by atoms with E-state index in [0.717, 1.165) is 25.8 Å². The Labute approximate surface area is 131 Å². The van der Waals surface area contributed by atoms with E-state index in [-0.39, 0.29) is 30.3 Å². The standard InChI is InChI=1S/C15H26N4O3/c1-2-4-13(20)17-10-14(21)18-7-3-5-12(11-18)19-8-6-16-9-15(19)22/h12,16H,2-11H2,1H3,(H,17,20). The molecule has 2 rings (SSSR count). The predicted octanol–water partition coefficient (Wildman–Crippen LogP) is -0.674. The van der Waals surface area contributed by atoms with Gasteiger partial charge in [-0.25, -0.2) is 0 Å². The molecule has 2 heterocycles. The topological polar surface area (TPSA) is 81.8 Å². The zero-order valence-electron chi connectivity index (χ0n) is 13.3. The van der Waals surface area contributed by atoms with Crippen LogP contribution in [0, 0.1) is 0 Å². The van der Waals surface area contributed by atoms with Crippen LogP contribution >= 0.6 is 0 Å². The molecule has 1 atom stereocenters. The normalized spacial score (nSPS) is 22.6. The van der Waals surface area contributed by atoms with E-state index < -0.39 is 0 Å². The number of nitrogens with one attached hydrogen (secondary N) is 2. The summed E-state index contributed by atoms with van der Waals surface area (Å²) in [6, 6.07) is 0.110. The van der Waals surface area contributed by atoms with Gasteiger partial charge in [-0.05, 0) is 19.3 Å². The van der Waals surface area contributed by atoms with Gasteiger partial charge in [0.15, 0.2) is 0 Å². The van der Waals surface area contributed by atoms with Crippen molar-refractivity contribution in [3.05, 3.63) is 0 Å². The number of hydrogen-bond donors (Lipinski definition) is 2. The van der Waals surface area contributed by atoms with Crippen molar-refractivity contribution in [3.8, 4) is 0 Å². The summed E-state index contributed by atoms with van der Waals surface area (Å²) in [5.41, 5.74) is 0. The van der Waals surface area contributed by atoms with Gasteiger partial charge >= 0.3 is 0 Å². The third-order valence-corrected chi connectivity index (χ3v) is 4.23. The van der Waals surface area contributed by atoms with Gasteiger partial charge in [0.2, 0.25) is 17.7 Å². The molecule has 7 heteroatoms. The van der Waals surface area contributed by atoms with E-state index in [0.29, 0.717) is 32.6 Å². The Morgan fingerprint density at radius 1 is 1.36 bits per heavy atom. The fourth-order valence-electron chi connectivity index (χ4n) is 3.04. The summed E-state index contributed by atoms with van der Waals surface area (Å²) in [6.45, 7) is 5.18. The molecule has 0 spiro atoms. The third kappa shape index (κ3) is 4.43. The lowest BCUT2D eigenvalue weighted by molar-refractivity contribution is -0.140. The SMILES string of the molecule is CCCC(=O)NCC(=O)N1CCCC(N2CCNCC2=O)C1. The monoisotopic (exact) mass is 310 g/mol. The summed E-state index contributed by atoms with van der Waals surface area (Å²) in [6.07, 6.45) is 3.07. The quantitative estimate of drug-likeness (QED) is 0.705. The van der Waals surface area contributed by atoms with Crippen molar-refractivity contribution in [2.45, 2.75) is 38.6 Å². The number of nitrogens with zero attached hydrogens (tertiary/aromatic N) is 2. The largest absolute Gasteiger partial charge is 0.347 e. The predicted molar refractivity (Wildman–Crippen MR) is 82.1 cm³/mol. The van der Waals surface area contributed by atoms with Crippen molar-refractivity contribution in [2.75, 3.05) is 39.3 Å². The van der Waals surface area contributed by atoms with Gasteiger partial charge in [0, 0.05) is 38.6 Å². The fraction of sp³-hybridized carbons (Fsp3) is 0.800. The number of piperazine rings is 1. The van der Waals surface area contributed by atoms with Crippen molar-refractivity contribution < 1.29 is 14.4 Å². The lowest BCUT2D eigenvalue weighted by Crippen LogP contribution is -2.58. The molecule has 2 aliphatic heterocycles. The van der Waals surface area contributed by atoms with Crippen molar-refractivity contribution in [1.29, 1.82) is 0 Å². The zero-order valence-corrected chi connectivity index (χ0v) is 13.3. The van der Waals surface area contributed by atoms with Crippen molar-refractivity contribution in [2.24, 2.45) is 0 Å². The number of rotatable bonds is 5. The second-order valence-corrected chi connectivity index (χ2v) is 5.93. The minimum absolute atomic E-state index is 0.0566. The maximum Gasteiger partial charge on any atom is 0.242 e. The van der Waals surface area contributed by atoms with E-state index in [4.69, 9.17) is 0 Å². The maximum absolute atomic E-state index is 12.2. The van der Waals surface area contributed by atoms with Crippen LogP contribution in [0.2, 0.25) is 0 Å². The zero-order chi connectivity index (χ0) is 15.9. The molecule has 0 radical (unpaired) electrons. The molecule has 0 aromatic rings. The van der Waals surface area contributed by atoms with Crippen LogP contribution in [0.4, 0.5) is 0 Å². The molecule has 2 saturated heterocycles. The van der Waals surface area contributed by atoms with E-state index >= 15 is 0 Å². The van der Waals surface area contributed by atoms with Crippen LogP contribution in [0.5, 0.6) is 0 Å². The number of carbonyl (C=O) groups is 3. The van der Waals surface area contributed by atoms with Crippen LogP contribution in [-0.4, -0.2) is 72.8 Å². The van der Waals surface area contributed by atoms with E-state index in [1.165, 1.54) is 0 Å². The summed E-state index contributed by atoms with van der Waals surface area (Å²) in [5, 5.41) is 5.73. The molecule has 3 amide bonds. The summed E-state index contributed by atoms with van der Waals surface area (Å²) in [4.78, 5) is 39.3. The van der Waals surface area contributed by atoms with Crippen LogP contribution in [0.15, 0.2) is 0 Å². The van der Waals surface area contributed by atoms with Gasteiger partial charge < -0.3 is 20.4 Å². The maximum atomic E-state index is 12.2. The van der Waals surface area contributed by atoms with Gasteiger partial charge in [-0.2, -0.15) is 0 Å². The first kappa shape index (κ1) is 16.7. The van der Waals surface area contributed by atoms with E-state index in [2.05, 4.69) is 10.6 Å². The van der Waals surface area contributed by atoms with Gasteiger partial charge in [0.25, 0.3) is 0 Å². The third-order valence-electron chi connectivity index (χ3n) is 4.23.